The van der Waals surface area contributed by atoms with Crippen molar-refractivity contribution < 1.29 is 4.79 Å². The molecule has 0 unspecified atom stereocenters. The van der Waals surface area contributed by atoms with Gasteiger partial charge in [-0.15, -0.1) is 0 Å². The van der Waals surface area contributed by atoms with Crippen molar-refractivity contribution in [3.05, 3.63) is 35.4 Å². The molecular weight excluding hydrogens is 262 g/mol. The number of rotatable bonds is 7. The van der Waals surface area contributed by atoms with Crippen LogP contribution in [-0.2, 0) is 5.41 Å². The van der Waals surface area contributed by atoms with Crippen molar-refractivity contribution >= 4 is 6.03 Å². The maximum absolute atomic E-state index is 11.8. The number of carbonyl (C=O) groups is 1. The van der Waals surface area contributed by atoms with Crippen molar-refractivity contribution in [3.8, 4) is 0 Å². The number of hydrogen-bond donors (Lipinski definition) is 2. The minimum Gasteiger partial charge on any atom is -0.338 e. The summed E-state index contributed by atoms with van der Waals surface area (Å²) in [6.45, 7) is 8.67. The second kappa shape index (κ2) is 8.03. The third-order valence-corrected chi connectivity index (χ3v) is 3.59. The molecule has 0 aromatic heterocycles. The smallest absolute Gasteiger partial charge is 0.314 e. The summed E-state index contributed by atoms with van der Waals surface area (Å²) in [5.74, 6) is 0. The van der Waals surface area contributed by atoms with Crippen LogP contribution in [0, 0.1) is 6.92 Å². The predicted octanol–water partition coefficient (Wildman–Crippen LogP) is 2.52. The van der Waals surface area contributed by atoms with Gasteiger partial charge >= 0.3 is 6.03 Å². The van der Waals surface area contributed by atoms with Gasteiger partial charge in [0.1, 0.15) is 0 Å². The Morgan fingerprint density at radius 3 is 2.33 bits per heavy atom. The van der Waals surface area contributed by atoms with E-state index in [-0.39, 0.29) is 11.4 Å². The average Bonchev–Trinajstić information content (AvgIpc) is 2.42. The first-order valence-electron chi connectivity index (χ1n) is 7.55. The molecule has 1 aromatic rings. The fraction of sp³-hybridized carbons (Fsp3) is 0.588. The molecule has 0 aliphatic heterocycles. The number of aryl methyl sites for hydroxylation is 1. The van der Waals surface area contributed by atoms with E-state index in [9.17, 15) is 4.79 Å². The zero-order chi connectivity index (χ0) is 15.9. The second-order valence-electron chi connectivity index (χ2n) is 6.52. The molecule has 21 heavy (non-hydrogen) atoms. The normalized spacial score (nSPS) is 11.5. The average molecular weight is 291 g/mol. The van der Waals surface area contributed by atoms with Crippen LogP contribution >= 0.6 is 0 Å². The summed E-state index contributed by atoms with van der Waals surface area (Å²) in [4.78, 5) is 13.9. The van der Waals surface area contributed by atoms with Crippen LogP contribution in [0.4, 0.5) is 4.79 Å². The highest BCUT2D eigenvalue weighted by atomic mass is 16.2. The largest absolute Gasteiger partial charge is 0.338 e. The zero-order valence-corrected chi connectivity index (χ0v) is 14.0. The Kier molecular flexibility index (Phi) is 6.69. The molecule has 0 aliphatic rings. The summed E-state index contributed by atoms with van der Waals surface area (Å²) in [5.41, 5.74) is 2.41. The lowest BCUT2D eigenvalue weighted by Gasteiger charge is -2.26. The molecule has 118 valence electrons. The Bertz CT molecular complexity index is 438. The van der Waals surface area contributed by atoms with Crippen LogP contribution in [0.3, 0.4) is 0 Å². The van der Waals surface area contributed by atoms with E-state index in [0.717, 1.165) is 13.0 Å². The molecule has 2 N–H and O–H groups in total. The number of nitrogens with one attached hydrogen (secondary N) is 2. The molecule has 0 saturated carbocycles. The topological polar surface area (TPSA) is 44.4 Å². The molecule has 4 nitrogen and oxygen atoms in total. The summed E-state index contributed by atoms with van der Waals surface area (Å²) in [7, 11) is 4.06. The van der Waals surface area contributed by atoms with E-state index in [1.807, 2.05) is 14.1 Å². The molecule has 0 bridgehead atoms. The SMILES string of the molecule is Cc1ccc(C(C)(C)CNC(=O)NCCCN(C)C)cc1. The summed E-state index contributed by atoms with van der Waals surface area (Å²) < 4.78 is 0. The van der Waals surface area contributed by atoms with E-state index in [1.54, 1.807) is 0 Å². The molecule has 0 saturated heterocycles. The van der Waals surface area contributed by atoms with E-state index >= 15 is 0 Å². The van der Waals surface area contributed by atoms with Crippen LogP contribution in [0.5, 0.6) is 0 Å². The Labute approximate surface area is 128 Å². The zero-order valence-electron chi connectivity index (χ0n) is 14.0. The summed E-state index contributed by atoms with van der Waals surface area (Å²) in [6, 6.07) is 8.39. The molecule has 0 fully saturated rings. The molecular formula is C17H29N3O. The fourth-order valence-corrected chi connectivity index (χ4v) is 2.07. The molecule has 0 radical (unpaired) electrons. The molecule has 0 heterocycles. The second-order valence-corrected chi connectivity index (χ2v) is 6.52. The first kappa shape index (κ1) is 17.5. The third-order valence-electron chi connectivity index (χ3n) is 3.59. The number of benzene rings is 1. The molecule has 0 atom stereocenters. The standard InChI is InChI=1S/C17H29N3O/c1-14-7-9-15(10-8-14)17(2,3)13-19-16(21)18-11-6-12-20(4)5/h7-10H,6,11-13H2,1-5H3,(H2,18,19,21). The highest BCUT2D eigenvalue weighted by molar-refractivity contribution is 5.73. The predicted molar refractivity (Wildman–Crippen MR) is 88.8 cm³/mol. The Morgan fingerprint density at radius 1 is 1.14 bits per heavy atom. The van der Waals surface area contributed by atoms with Crippen molar-refractivity contribution in [1.29, 1.82) is 0 Å². The van der Waals surface area contributed by atoms with Crippen LogP contribution in [0.25, 0.3) is 0 Å². The van der Waals surface area contributed by atoms with E-state index in [1.165, 1.54) is 11.1 Å². The van der Waals surface area contributed by atoms with E-state index in [4.69, 9.17) is 0 Å². The molecule has 2 amide bonds. The van der Waals surface area contributed by atoms with E-state index in [0.29, 0.717) is 13.1 Å². The van der Waals surface area contributed by atoms with Crippen molar-refractivity contribution in [1.82, 2.24) is 15.5 Å². The highest BCUT2D eigenvalue weighted by Gasteiger charge is 2.21. The quantitative estimate of drug-likeness (QED) is 0.758. The number of amides is 2. The molecule has 1 rings (SSSR count). The maximum Gasteiger partial charge on any atom is 0.314 e. The molecule has 4 heteroatoms. The number of carbonyl (C=O) groups excluding carboxylic acids is 1. The van der Waals surface area contributed by atoms with Gasteiger partial charge in [-0.1, -0.05) is 43.7 Å². The van der Waals surface area contributed by atoms with Gasteiger partial charge < -0.3 is 15.5 Å². The van der Waals surface area contributed by atoms with Crippen molar-refractivity contribution in [2.45, 2.75) is 32.6 Å². The number of hydrogen-bond acceptors (Lipinski definition) is 2. The summed E-state index contributed by atoms with van der Waals surface area (Å²) in [6.07, 6.45) is 0.960. The lowest BCUT2D eigenvalue weighted by Crippen LogP contribution is -2.42. The maximum atomic E-state index is 11.8. The minimum absolute atomic E-state index is 0.0747. The third kappa shape index (κ3) is 6.63. The fourth-order valence-electron chi connectivity index (χ4n) is 2.07. The van der Waals surface area contributed by atoms with Crippen molar-refractivity contribution in [2.24, 2.45) is 0 Å². The Balaban J connectivity index is 2.35. The van der Waals surface area contributed by atoms with Crippen LogP contribution in [0.2, 0.25) is 0 Å². The first-order valence-corrected chi connectivity index (χ1v) is 7.55. The van der Waals surface area contributed by atoms with E-state index in [2.05, 4.69) is 60.6 Å². The van der Waals surface area contributed by atoms with Crippen molar-refractivity contribution in [2.75, 3.05) is 33.7 Å². The van der Waals surface area contributed by atoms with Gasteiger partial charge in [-0.2, -0.15) is 0 Å². The van der Waals surface area contributed by atoms with Gasteiger partial charge in [-0.3, -0.25) is 0 Å². The lowest BCUT2D eigenvalue weighted by molar-refractivity contribution is 0.237. The first-order chi connectivity index (χ1) is 9.81. The molecule has 0 spiro atoms. The van der Waals surface area contributed by atoms with Gasteiger partial charge in [-0.25, -0.2) is 4.79 Å². The number of urea groups is 1. The lowest BCUT2D eigenvalue weighted by atomic mass is 9.84. The van der Waals surface area contributed by atoms with E-state index < -0.39 is 0 Å². The highest BCUT2D eigenvalue weighted by Crippen LogP contribution is 2.22. The monoisotopic (exact) mass is 291 g/mol. The Hall–Kier alpha value is -1.55. The van der Waals surface area contributed by atoms with Gasteiger partial charge in [0.05, 0.1) is 0 Å². The van der Waals surface area contributed by atoms with Gasteiger partial charge in [0.2, 0.25) is 0 Å². The number of nitrogens with zero attached hydrogens (tertiary/aromatic N) is 1. The Morgan fingerprint density at radius 2 is 1.76 bits per heavy atom. The summed E-state index contributed by atoms with van der Waals surface area (Å²) in [5, 5.41) is 5.85. The molecule has 1 aromatic carbocycles. The van der Waals surface area contributed by atoms with Crippen molar-refractivity contribution in [3.63, 3.8) is 0 Å². The van der Waals surface area contributed by atoms with Gasteiger partial charge in [0.25, 0.3) is 0 Å². The molecule has 0 aliphatic carbocycles. The van der Waals surface area contributed by atoms with Crippen LogP contribution < -0.4 is 10.6 Å². The van der Waals surface area contributed by atoms with Crippen LogP contribution in [-0.4, -0.2) is 44.7 Å². The summed E-state index contributed by atoms with van der Waals surface area (Å²) >= 11 is 0. The minimum atomic E-state index is -0.0889. The van der Waals surface area contributed by atoms with Crippen LogP contribution in [0.15, 0.2) is 24.3 Å². The van der Waals surface area contributed by atoms with Gasteiger partial charge in [0, 0.05) is 18.5 Å². The van der Waals surface area contributed by atoms with Gasteiger partial charge in [0.15, 0.2) is 0 Å². The van der Waals surface area contributed by atoms with Crippen LogP contribution in [0.1, 0.15) is 31.4 Å². The van der Waals surface area contributed by atoms with Gasteiger partial charge in [-0.05, 0) is 39.5 Å².